The minimum atomic E-state index is -0.970. The molecule has 5 nitrogen and oxygen atoms in total. The quantitative estimate of drug-likeness (QED) is 0.734. The molecule has 0 fully saturated rings. The van der Waals surface area contributed by atoms with E-state index in [1.165, 1.54) is 10.6 Å². The van der Waals surface area contributed by atoms with Crippen LogP contribution in [0.4, 0.5) is 0 Å². The molecule has 0 aliphatic rings. The zero-order chi connectivity index (χ0) is 13.0. The fraction of sp³-hybridized carbons (Fsp3) is 0.500. The highest BCUT2D eigenvalue weighted by Crippen LogP contribution is 2.23. The van der Waals surface area contributed by atoms with E-state index >= 15 is 0 Å². The number of ketones is 1. The summed E-state index contributed by atoms with van der Waals surface area (Å²) in [7, 11) is 0. The summed E-state index contributed by atoms with van der Waals surface area (Å²) in [6, 6.07) is 2.36. The maximum atomic E-state index is 11.5. The number of aliphatic carboxylic acids is 1. The first-order valence-corrected chi connectivity index (χ1v) is 5.56. The van der Waals surface area contributed by atoms with E-state index in [0.29, 0.717) is 6.42 Å². The Morgan fingerprint density at radius 3 is 2.59 bits per heavy atom. The number of aliphatic hydroxyl groups excluding tert-OH is 1. The summed E-state index contributed by atoms with van der Waals surface area (Å²) in [6.45, 7) is 3.11. The molecule has 0 spiro atoms. The molecule has 0 radical (unpaired) electrons. The molecule has 0 aliphatic carbocycles. The summed E-state index contributed by atoms with van der Waals surface area (Å²) in [5.41, 5.74) is 0.236. The molecule has 2 N–H and O–H groups in total. The molecular formula is C12H17NO4. The van der Waals surface area contributed by atoms with Crippen LogP contribution in [0.1, 0.15) is 36.8 Å². The highest BCUT2D eigenvalue weighted by Gasteiger charge is 2.27. The summed E-state index contributed by atoms with van der Waals surface area (Å²) < 4.78 is 1.43. The standard InChI is InChI=1S/C12H17NO4/c1-3-8(2)11(12(16)17)13-6-4-5-9(13)10(15)7-14/h4-6,8,11,14H,3,7H2,1-2H3,(H,16,17). The highest BCUT2D eigenvalue weighted by atomic mass is 16.4. The number of rotatable bonds is 6. The highest BCUT2D eigenvalue weighted by molar-refractivity contribution is 5.96. The Bertz CT molecular complexity index is 410. The van der Waals surface area contributed by atoms with Gasteiger partial charge in [0.1, 0.15) is 12.6 Å². The van der Waals surface area contributed by atoms with Gasteiger partial charge in [-0.05, 0) is 18.1 Å². The number of aromatic nitrogens is 1. The number of carbonyl (C=O) groups excluding carboxylic acids is 1. The maximum Gasteiger partial charge on any atom is 0.326 e. The van der Waals surface area contributed by atoms with E-state index in [4.69, 9.17) is 5.11 Å². The van der Waals surface area contributed by atoms with E-state index in [1.54, 1.807) is 12.3 Å². The average molecular weight is 239 g/mol. The van der Waals surface area contributed by atoms with Crippen LogP contribution >= 0.6 is 0 Å². The normalized spacial score (nSPS) is 14.3. The van der Waals surface area contributed by atoms with Gasteiger partial charge in [0, 0.05) is 6.20 Å². The summed E-state index contributed by atoms with van der Waals surface area (Å²) in [6.07, 6.45) is 2.26. The average Bonchev–Trinajstić information content (AvgIpc) is 2.76. The number of Topliss-reactive ketones (excluding diaryl/α,β-unsaturated/α-hetero) is 1. The summed E-state index contributed by atoms with van der Waals surface area (Å²) in [5.74, 6) is -1.53. The van der Waals surface area contributed by atoms with E-state index < -0.39 is 24.4 Å². The van der Waals surface area contributed by atoms with Gasteiger partial charge in [-0.2, -0.15) is 0 Å². The third kappa shape index (κ3) is 2.74. The van der Waals surface area contributed by atoms with Crippen molar-refractivity contribution in [3.8, 4) is 0 Å². The minimum Gasteiger partial charge on any atom is -0.480 e. The van der Waals surface area contributed by atoms with Crippen molar-refractivity contribution in [3.05, 3.63) is 24.0 Å². The Labute approximate surface area is 99.7 Å². The van der Waals surface area contributed by atoms with E-state index in [9.17, 15) is 14.7 Å². The molecule has 1 heterocycles. The van der Waals surface area contributed by atoms with Crippen molar-refractivity contribution in [2.45, 2.75) is 26.3 Å². The second-order valence-electron chi connectivity index (χ2n) is 4.05. The topological polar surface area (TPSA) is 79.5 Å². The third-order valence-electron chi connectivity index (χ3n) is 2.94. The molecule has 2 unspecified atom stereocenters. The molecule has 1 aromatic heterocycles. The smallest absolute Gasteiger partial charge is 0.326 e. The van der Waals surface area contributed by atoms with E-state index in [1.807, 2.05) is 13.8 Å². The Balaban J connectivity index is 3.15. The number of hydrogen-bond donors (Lipinski definition) is 2. The minimum absolute atomic E-state index is 0.0925. The molecule has 0 saturated heterocycles. The van der Waals surface area contributed by atoms with E-state index in [-0.39, 0.29) is 11.6 Å². The number of hydrogen-bond acceptors (Lipinski definition) is 3. The zero-order valence-electron chi connectivity index (χ0n) is 9.96. The predicted molar refractivity (Wildman–Crippen MR) is 62.0 cm³/mol. The first-order valence-electron chi connectivity index (χ1n) is 5.56. The van der Waals surface area contributed by atoms with Crippen LogP contribution in [0.3, 0.4) is 0 Å². The van der Waals surface area contributed by atoms with Crippen molar-refractivity contribution in [2.24, 2.45) is 5.92 Å². The van der Waals surface area contributed by atoms with Crippen LogP contribution in [0.2, 0.25) is 0 Å². The molecule has 1 aromatic rings. The van der Waals surface area contributed by atoms with Crippen LogP contribution in [0, 0.1) is 5.92 Å². The van der Waals surface area contributed by atoms with Crippen molar-refractivity contribution < 1.29 is 19.8 Å². The monoisotopic (exact) mass is 239 g/mol. The molecule has 0 aliphatic heterocycles. The number of nitrogens with zero attached hydrogens (tertiary/aromatic N) is 1. The van der Waals surface area contributed by atoms with Gasteiger partial charge >= 0.3 is 5.97 Å². The fourth-order valence-electron chi connectivity index (χ4n) is 1.81. The molecule has 0 amide bonds. The van der Waals surface area contributed by atoms with Gasteiger partial charge in [0.05, 0.1) is 5.69 Å². The van der Waals surface area contributed by atoms with Gasteiger partial charge in [-0.3, -0.25) is 4.79 Å². The fourth-order valence-corrected chi connectivity index (χ4v) is 1.81. The maximum absolute atomic E-state index is 11.5. The first kappa shape index (κ1) is 13.4. The summed E-state index contributed by atoms with van der Waals surface area (Å²) in [5, 5.41) is 18.1. The van der Waals surface area contributed by atoms with Crippen LogP contribution in [0.25, 0.3) is 0 Å². The zero-order valence-corrected chi connectivity index (χ0v) is 9.96. The number of aliphatic hydroxyl groups is 1. The van der Waals surface area contributed by atoms with Crippen LogP contribution < -0.4 is 0 Å². The predicted octanol–water partition coefficient (Wildman–Crippen LogP) is 1.33. The number of carboxylic acid groups (broad SMARTS) is 1. The number of carbonyl (C=O) groups is 2. The van der Waals surface area contributed by atoms with Crippen molar-refractivity contribution in [1.82, 2.24) is 4.57 Å². The molecule has 17 heavy (non-hydrogen) atoms. The lowest BCUT2D eigenvalue weighted by atomic mass is 9.98. The van der Waals surface area contributed by atoms with Crippen molar-refractivity contribution in [1.29, 1.82) is 0 Å². The SMILES string of the molecule is CCC(C)C(C(=O)O)n1cccc1C(=O)CO. The van der Waals surface area contributed by atoms with Gasteiger partial charge in [0.15, 0.2) is 0 Å². The Kier molecular flexibility index (Phi) is 4.45. The molecule has 0 bridgehead atoms. The number of carboxylic acids is 1. The van der Waals surface area contributed by atoms with Crippen LogP contribution in [-0.4, -0.2) is 33.1 Å². The van der Waals surface area contributed by atoms with Crippen LogP contribution in [0.15, 0.2) is 18.3 Å². The molecular weight excluding hydrogens is 222 g/mol. The summed E-state index contributed by atoms with van der Waals surface area (Å²) in [4.78, 5) is 22.7. The van der Waals surface area contributed by atoms with Gasteiger partial charge in [-0.1, -0.05) is 20.3 Å². The second kappa shape index (κ2) is 5.63. The van der Waals surface area contributed by atoms with Crippen molar-refractivity contribution in [2.75, 3.05) is 6.61 Å². The largest absolute Gasteiger partial charge is 0.480 e. The third-order valence-corrected chi connectivity index (χ3v) is 2.94. The van der Waals surface area contributed by atoms with Gasteiger partial charge in [-0.15, -0.1) is 0 Å². The Morgan fingerprint density at radius 2 is 2.12 bits per heavy atom. The van der Waals surface area contributed by atoms with Crippen molar-refractivity contribution in [3.63, 3.8) is 0 Å². The molecule has 0 aromatic carbocycles. The van der Waals surface area contributed by atoms with Gasteiger partial charge in [0.25, 0.3) is 0 Å². The van der Waals surface area contributed by atoms with Crippen LogP contribution in [0.5, 0.6) is 0 Å². The lowest BCUT2D eigenvalue weighted by Gasteiger charge is -2.22. The van der Waals surface area contributed by atoms with Gasteiger partial charge in [-0.25, -0.2) is 4.79 Å². The second-order valence-corrected chi connectivity index (χ2v) is 4.05. The molecule has 1 rings (SSSR count). The first-order chi connectivity index (χ1) is 8.02. The van der Waals surface area contributed by atoms with E-state index in [0.717, 1.165) is 0 Å². The van der Waals surface area contributed by atoms with Gasteiger partial charge < -0.3 is 14.8 Å². The molecule has 0 saturated carbocycles. The lowest BCUT2D eigenvalue weighted by molar-refractivity contribution is -0.142. The Morgan fingerprint density at radius 1 is 1.47 bits per heavy atom. The molecule has 2 atom stereocenters. The van der Waals surface area contributed by atoms with E-state index in [2.05, 4.69) is 0 Å². The molecule has 94 valence electrons. The molecule has 5 heteroatoms. The van der Waals surface area contributed by atoms with Gasteiger partial charge in [0.2, 0.25) is 5.78 Å². The van der Waals surface area contributed by atoms with Crippen LogP contribution in [-0.2, 0) is 4.79 Å². The Hall–Kier alpha value is -1.62. The van der Waals surface area contributed by atoms with Crippen molar-refractivity contribution >= 4 is 11.8 Å². The summed E-state index contributed by atoms with van der Waals surface area (Å²) >= 11 is 0. The lowest BCUT2D eigenvalue weighted by Crippen LogP contribution is -2.28.